The van der Waals surface area contributed by atoms with Gasteiger partial charge in [-0.1, -0.05) is 40.0 Å². The van der Waals surface area contributed by atoms with E-state index in [0.717, 1.165) is 16.8 Å². The third kappa shape index (κ3) is 5.53. The number of halogens is 1. The van der Waals surface area contributed by atoms with E-state index in [9.17, 15) is 0 Å². The minimum absolute atomic E-state index is 0.326. The maximum Gasteiger partial charge on any atom is 0.140 e. The molecule has 0 saturated heterocycles. The van der Waals surface area contributed by atoms with Crippen molar-refractivity contribution in [3.63, 3.8) is 0 Å². The van der Waals surface area contributed by atoms with Gasteiger partial charge < -0.3 is 5.32 Å². The van der Waals surface area contributed by atoms with Crippen LogP contribution in [0.2, 0.25) is 0 Å². The molecule has 1 rings (SSSR count). The molecule has 0 fully saturated rings. The first-order valence-corrected chi connectivity index (χ1v) is 7.19. The molecule has 96 valence electrons. The van der Waals surface area contributed by atoms with Gasteiger partial charge in [0, 0.05) is 12.7 Å². The van der Waals surface area contributed by atoms with Crippen LogP contribution in [0.3, 0.4) is 0 Å². The first-order valence-electron chi connectivity index (χ1n) is 6.39. The number of anilines is 1. The zero-order chi connectivity index (χ0) is 12.7. The van der Waals surface area contributed by atoms with Crippen LogP contribution in [0.4, 0.5) is 5.82 Å². The molecule has 0 bridgehead atoms. The summed E-state index contributed by atoms with van der Waals surface area (Å²) in [5.41, 5.74) is 0.326. The monoisotopic (exact) mass is 298 g/mol. The van der Waals surface area contributed by atoms with E-state index >= 15 is 0 Å². The highest BCUT2D eigenvalue weighted by molar-refractivity contribution is 9.10. The first-order chi connectivity index (χ1) is 8.05. The van der Waals surface area contributed by atoms with Gasteiger partial charge >= 0.3 is 0 Å². The van der Waals surface area contributed by atoms with Gasteiger partial charge in [-0.15, -0.1) is 0 Å². The third-order valence-electron chi connectivity index (χ3n) is 2.95. The standard InChI is InChI=1S/C14H23BrN2/c1-4-5-6-9-14(2,3)11-17-13-12(15)8-7-10-16-13/h7-8,10H,4-6,9,11H2,1-3H3,(H,16,17). The summed E-state index contributed by atoms with van der Waals surface area (Å²) in [6, 6.07) is 3.95. The highest BCUT2D eigenvalue weighted by Crippen LogP contribution is 2.26. The zero-order valence-electron chi connectivity index (χ0n) is 11.1. The van der Waals surface area contributed by atoms with E-state index in [2.05, 4.69) is 47.0 Å². The maximum absolute atomic E-state index is 4.32. The SMILES string of the molecule is CCCCCC(C)(C)CNc1ncccc1Br. The summed E-state index contributed by atoms with van der Waals surface area (Å²) in [7, 11) is 0. The lowest BCUT2D eigenvalue weighted by atomic mass is 9.87. The topological polar surface area (TPSA) is 24.9 Å². The average Bonchev–Trinajstić information content (AvgIpc) is 2.28. The van der Waals surface area contributed by atoms with E-state index in [4.69, 9.17) is 0 Å². The summed E-state index contributed by atoms with van der Waals surface area (Å²) in [4.78, 5) is 4.32. The molecule has 0 radical (unpaired) electrons. The van der Waals surface area contributed by atoms with Crippen LogP contribution in [0.25, 0.3) is 0 Å². The summed E-state index contributed by atoms with van der Waals surface area (Å²) in [5.74, 6) is 0.941. The Hall–Kier alpha value is -0.570. The lowest BCUT2D eigenvalue weighted by molar-refractivity contribution is 0.342. The molecular weight excluding hydrogens is 276 g/mol. The lowest BCUT2D eigenvalue weighted by Crippen LogP contribution is -2.23. The Morgan fingerprint density at radius 3 is 2.76 bits per heavy atom. The van der Waals surface area contributed by atoms with Crippen molar-refractivity contribution in [1.82, 2.24) is 4.98 Å². The van der Waals surface area contributed by atoms with Crippen molar-refractivity contribution in [2.24, 2.45) is 5.41 Å². The van der Waals surface area contributed by atoms with E-state index in [1.807, 2.05) is 18.3 Å². The zero-order valence-corrected chi connectivity index (χ0v) is 12.7. The average molecular weight is 299 g/mol. The minimum Gasteiger partial charge on any atom is -0.369 e. The van der Waals surface area contributed by atoms with Crippen molar-refractivity contribution in [3.8, 4) is 0 Å². The van der Waals surface area contributed by atoms with Gasteiger partial charge in [-0.25, -0.2) is 4.98 Å². The highest BCUT2D eigenvalue weighted by Gasteiger charge is 2.17. The molecule has 0 amide bonds. The molecule has 2 nitrogen and oxygen atoms in total. The van der Waals surface area contributed by atoms with Crippen molar-refractivity contribution in [1.29, 1.82) is 0 Å². The van der Waals surface area contributed by atoms with Crippen molar-refractivity contribution in [2.75, 3.05) is 11.9 Å². The van der Waals surface area contributed by atoms with Gasteiger partial charge in [0.05, 0.1) is 4.47 Å². The molecule has 0 unspecified atom stereocenters. The van der Waals surface area contributed by atoms with Crippen molar-refractivity contribution in [3.05, 3.63) is 22.8 Å². The van der Waals surface area contributed by atoms with Gasteiger partial charge in [0.1, 0.15) is 5.82 Å². The van der Waals surface area contributed by atoms with Crippen LogP contribution >= 0.6 is 15.9 Å². The second kappa shape index (κ2) is 7.00. The fraction of sp³-hybridized carbons (Fsp3) is 0.643. The Labute approximate surface area is 113 Å². The molecule has 0 atom stereocenters. The van der Waals surface area contributed by atoms with Gasteiger partial charge in [-0.05, 0) is 39.9 Å². The largest absolute Gasteiger partial charge is 0.369 e. The number of hydrogen-bond donors (Lipinski definition) is 1. The molecular formula is C14H23BrN2. The lowest BCUT2D eigenvalue weighted by Gasteiger charge is -2.25. The van der Waals surface area contributed by atoms with E-state index in [0.29, 0.717) is 5.41 Å². The van der Waals surface area contributed by atoms with Gasteiger partial charge in [0.15, 0.2) is 0 Å². The maximum atomic E-state index is 4.32. The van der Waals surface area contributed by atoms with Crippen molar-refractivity contribution in [2.45, 2.75) is 46.5 Å². The number of aromatic nitrogens is 1. The second-order valence-corrected chi connectivity index (χ2v) is 6.16. The molecule has 0 spiro atoms. The van der Waals surface area contributed by atoms with Crippen LogP contribution in [-0.4, -0.2) is 11.5 Å². The molecule has 0 aliphatic heterocycles. The normalized spacial score (nSPS) is 11.5. The summed E-state index contributed by atoms with van der Waals surface area (Å²) in [6.45, 7) is 7.83. The van der Waals surface area contributed by atoms with Crippen LogP contribution < -0.4 is 5.32 Å². The van der Waals surface area contributed by atoms with Crippen LogP contribution in [0.5, 0.6) is 0 Å². The summed E-state index contributed by atoms with van der Waals surface area (Å²) < 4.78 is 1.03. The smallest absolute Gasteiger partial charge is 0.140 e. The molecule has 1 aromatic rings. The van der Waals surface area contributed by atoms with Crippen LogP contribution in [-0.2, 0) is 0 Å². The fourth-order valence-electron chi connectivity index (χ4n) is 1.78. The van der Waals surface area contributed by atoms with Crippen LogP contribution in [0.15, 0.2) is 22.8 Å². The molecule has 0 saturated carbocycles. The molecule has 0 aliphatic carbocycles. The number of pyridine rings is 1. The third-order valence-corrected chi connectivity index (χ3v) is 3.59. The van der Waals surface area contributed by atoms with Gasteiger partial charge in [0.2, 0.25) is 0 Å². The Bertz CT molecular complexity index is 337. The van der Waals surface area contributed by atoms with Crippen molar-refractivity contribution >= 4 is 21.7 Å². The molecule has 1 N–H and O–H groups in total. The fourth-order valence-corrected chi connectivity index (χ4v) is 2.18. The van der Waals surface area contributed by atoms with Crippen LogP contribution in [0.1, 0.15) is 46.5 Å². The number of nitrogens with one attached hydrogen (secondary N) is 1. The van der Waals surface area contributed by atoms with E-state index in [1.165, 1.54) is 25.7 Å². The number of unbranched alkanes of at least 4 members (excludes halogenated alkanes) is 2. The Balaban J connectivity index is 2.41. The molecule has 0 aromatic carbocycles. The predicted octanol–water partition coefficient (Wildman–Crippen LogP) is 4.86. The highest BCUT2D eigenvalue weighted by atomic mass is 79.9. The number of hydrogen-bond acceptors (Lipinski definition) is 2. The molecule has 17 heavy (non-hydrogen) atoms. The minimum atomic E-state index is 0.326. The molecule has 3 heteroatoms. The number of nitrogens with zero attached hydrogens (tertiary/aromatic N) is 1. The van der Waals surface area contributed by atoms with Crippen LogP contribution in [0, 0.1) is 5.41 Å². The van der Waals surface area contributed by atoms with Gasteiger partial charge in [-0.2, -0.15) is 0 Å². The quantitative estimate of drug-likeness (QED) is 0.727. The summed E-state index contributed by atoms with van der Waals surface area (Å²) >= 11 is 3.50. The van der Waals surface area contributed by atoms with Gasteiger partial charge in [-0.3, -0.25) is 0 Å². The first kappa shape index (κ1) is 14.5. The summed E-state index contributed by atoms with van der Waals surface area (Å²) in [5, 5.41) is 3.42. The predicted molar refractivity (Wildman–Crippen MR) is 78.3 cm³/mol. The Kier molecular flexibility index (Phi) is 5.96. The van der Waals surface area contributed by atoms with E-state index in [1.54, 1.807) is 0 Å². The Morgan fingerprint density at radius 2 is 2.12 bits per heavy atom. The second-order valence-electron chi connectivity index (χ2n) is 5.31. The Morgan fingerprint density at radius 1 is 1.35 bits per heavy atom. The van der Waals surface area contributed by atoms with E-state index < -0.39 is 0 Å². The molecule has 1 heterocycles. The van der Waals surface area contributed by atoms with Gasteiger partial charge in [0.25, 0.3) is 0 Å². The molecule has 0 aliphatic rings. The summed E-state index contributed by atoms with van der Waals surface area (Å²) in [6.07, 6.45) is 7.01. The van der Waals surface area contributed by atoms with Crippen molar-refractivity contribution < 1.29 is 0 Å². The molecule has 1 aromatic heterocycles. The van der Waals surface area contributed by atoms with E-state index in [-0.39, 0.29) is 0 Å². The number of rotatable bonds is 7.